The highest BCUT2D eigenvalue weighted by atomic mass is 32.1. The lowest BCUT2D eigenvalue weighted by atomic mass is 10.1. The fourth-order valence-electron chi connectivity index (χ4n) is 1.89. The Hall–Kier alpha value is -0.860. The number of thiophene rings is 1. The molecule has 0 saturated carbocycles. The van der Waals surface area contributed by atoms with Gasteiger partial charge in [-0.1, -0.05) is 11.8 Å². The largest absolute Gasteiger partial charge is 0.376 e. The van der Waals surface area contributed by atoms with Crippen LogP contribution in [-0.2, 0) is 16.1 Å². The van der Waals surface area contributed by atoms with Crippen LogP contribution in [0.25, 0.3) is 0 Å². The molecule has 98 valence electrons. The van der Waals surface area contributed by atoms with Gasteiger partial charge in [0.1, 0.15) is 0 Å². The number of hydrogen-bond donors (Lipinski definition) is 1. The molecule has 0 aliphatic carbocycles. The second-order valence-corrected chi connectivity index (χ2v) is 5.44. The molecule has 1 unspecified atom stereocenters. The molecule has 3 nitrogen and oxygen atoms in total. The highest BCUT2D eigenvalue weighted by Gasteiger charge is 2.13. The zero-order chi connectivity index (χ0) is 12.6. The highest BCUT2D eigenvalue weighted by molar-refractivity contribution is 7.12. The summed E-state index contributed by atoms with van der Waals surface area (Å²) in [5, 5.41) is 0. The van der Waals surface area contributed by atoms with Crippen molar-refractivity contribution in [3.8, 4) is 11.8 Å². The zero-order valence-electron chi connectivity index (χ0n) is 10.5. The summed E-state index contributed by atoms with van der Waals surface area (Å²) in [6.07, 6.45) is 3.85. The van der Waals surface area contributed by atoms with E-state index in [2.05, 4.69) is 17.9 Å². The molecule has 18 heavy (non-hydrogen) atoms. The van der Waals surface area contributed by atoms with E-state index in [-0.39, 0.29) is 6.10 Å². The first-order valence-corrected chi connectivity index (χ1v) is 7.17. The Morgan fingerprint density at radius 2 is 2.39 bits per heavy atom. The van der Waals surface area contributed by atoms with E-state index >= 15 is 0 Å². The normalized spacial score (nSPS) is 19.3. The van der Waals surface area contributed by atoms with Crippen molar-refractivity contribution in [1.82, 2.24) is 0 Å². The molecule has 0 aromatic carbocycles. The molecule has 0 spiro atoms. The topological polar surface area (TPSA) is 44.5 Å². The Morgan fingerprint density at radius 3 is 3.17 bits per heavy atom. The van der Waals surface area contributed by atoms with Crippen LogP contribution in [-0.4, -0.2) is 25.9 Å². The molecule has 1 aromatic rings. The third-order valence-corrected chi connectivity index (χ3v) is 3.77. The van der Waals surface area contributed by atoms with Crippen molar-refractivity contribution in [2.45, 2.75) is 32.0 Å². The van der Waals surface area contributed by atoms with Crippen LogP contribution >= 0.6 is 11.3 Å². The van der Waals surface area contributed by atoms with Crippen molar-refractivity contribution in [3.63, 3.8) is 0 Å². The second kappa shape index (κ2) is 7.55. The second-order valence-electron chi connectivity index (χ2n) is 4.28. The summed E-state index contributed by atoms with van der Waals surface area (Å²) >= 11 is 1.66. The Balaban J connectivity index is 1.71. The molecule has 1 fully saturated rings. The molecule has 4 heteroatoms. The molecule has 1 aliphatic heterocycles. The first-order chi connectivity index (χ1) is 8.88. The van der Waals surface area contributed by atoms with Gasteiger partial charge in [-0.3, -0.25) is 0 Å². The van der Waals surface area contributed by atoms with Crippen LogP contribution in [0.2, 0.25) is 0 Å². The Kier molecular flexibility index (Phi) is 5.69. The van der Waals surface area contributed by atoms with E-state index in [0.717, 1.165) is 17.9 Å². The number of hydrogen-bond acceptors (Lipinski definition) is 4. The fraction of sp³-hybridized carbons (Fsp3) is 0.571. The molecular weight excluding hydrogens is 246 g/mol. The lowest BCUT2D eigenvalue weighted by Gasteiger charge is -2.22. The molecular formula is C14H19NO2S. The quantitative estimate of drug-likeness (QED) is 0.848. The van der Waals surface area contributed by atoms with E-state index in [4.69, 9.17) is 15.2 Å². The minimum atomic E-state index is 0.287. The van der Waals surface area contributed by atoms with E-state index in [0.29, 0.717) is 19.8 Å². The molecule has 1 aliphatic rings. The van der Waals surface area contributed by atoms with Crippen LogP contribution in [0.4, 0.5) is 0 Å². The number of nitrogens with two attached hydrogens (primary N) is 1. The molecule has 0 radical (unpaired) electrons. The summed E-state index contributed by atoms with van der Waals surface area (Å²) in [4.78, 5) is 2.25. The van der Waals surface area contributed by atoms with Gasteiger partial charge in [0.15, 0.2) is 0 Å². The Labute approximate surface area is 112 Å². The van der Waals surface area contributed by atoms with Crippen LogP contribution in [0.3, 0.4) is 0 Å². The third-order valence-electron chi connectivity index (χ3n) is 2.80. The molecule has 0 amide bonds. The summed E-state index contributed by atoms with van der Waals surface area (Å²) < 4.78 is 11.3. The van der Waals surface area contributed by atoms with Gasteiger partial charge < -0.3 is 15.2 Å². The Bertz CT molecular complexity index is 413. The van der Waals surface area contributed by atoms with Gasteiger partial charge in [-0.05, 0) is 31.4 Å². The Morgan fingerprint density at radius 1 is 1.44 bits per heavy atom. The van der Waals surface area contributed by atoms with Crippen molar-refractivity contribution < 1.29 is 9.47 Å². The monoisotopic (exact) mass is 265 g/mol. The summed E-state index contributed by atoms with van der Waals surface area (Å²) in [7, 11) is 0. The van der Waals surface area contributed by atoms with Crippen molar-refractivity contribution in [1.29, 1.82) is 0 Å². The third kappa shape index (κ3) is 4.43. The first kappa shape index (κ1) is 13.6. The van der Waals surface area contributed by atoms with Gasteiger partial charge in [-0.15, -0.1) is 11.3 Å². The van der Waals surface area contributed by atoms with Gasteiger partial charge in [0.2, 0.25) is 0 Å². The molecule has 0 bridgehead atoms. The van der Waals surface area contributed by atoms with Crippen LogP contribution in [0, 0.1) is 11.8 Å². The van der Waals surface area contributed by atoms with E-state index in [1.807, 2.05) is 6.07 Å². The fourth-order valence-corrected chi connectivity index (χ4v) is 2.71. The van der Waals surface area contributed by atoms with E-state index < -0.39 is 0 Å². The molecule has 1 atom stereocenters. The first-order valence-electron chi connectivity index (χ1n) is 6.35. The number of ether oxygens (including phenoxy) is 2. The van der Waals surface area contributed by atoms with Crippen molar-refractivity contribution in [2.75, 3.05) is 19.8 Å². The maximum absolute atomic E-state index is 5.69. The summed E-state index contributed by atoms with van der Waals surface area (Å²) in [5.74, 6) is 5.88. The molecule has 2 heterocycles. The van der Waals surface area contributed by atoms with Gasteiger partial charge in [-0.25, -0.2) is 0 Å². The smallest absolute Gasteiger partial charge is 0.0811 e. The van der Waals surface area contributed by atoms with Crippen LogP contribution in [0.15, 0.2) is 12.1 Å². The van der Waals surface area contributed by atoms with Crippen molar-refractivity contribution >= 4 is 11.3 Å². The summed E-state index contributed by atoms with van der Waals surface area (Å²) in [6.45, 7) is 2.63. The SMILES string of the molecule is NCC#Cc1ccc(COCC2CCCCO2)s1. The minimum absolute atomic E-state index is 0.287. The van der Waals surface area contributed by atoms with Gasteiger partial charge in [0.25, 0.3) is 0 Å². The van der Waals surface area contributed by atoms with Crippen molar-refractivity contribution in [2.24, 2.45) is 5.73 Å². The van der Waals surface area contributed by atoms with E-state index in [1.54, 1.807) is 11.3 Å². The maximum atomic E-state index is 5.69. The molecule has 1 aromatic heterocycles. The van der Waals surface area contributed by atoms with Gasteiger partial charge in [0.05, 0.1) is 30.7 Å². The molecule has 1 saturated heterocycles. The van der Waals surface area contributed by atoms with Crippen LogP contribution in [0.5, 0.6) is 0 Å². The maximum Gasteiger partial charge on any atom is 0.0811 e. The lowest BCUT2D eigenvalue weighted by Crippen LogP contribution is -2.24. The van der Waals surface area contributed by atoms with Gasteiger partial charge >= 0.3 is 0 Å². The predicted molar refractivity (Wildman–Crippen MR) is 73.5 cm³/mol. The van der Waals surface area contributed by atoms with E-state index in [9.17, 15) is 0 Å². The highest BCUT2D eigenvalue weighted by Crippen LogP contribution is 2.18. The number of rotatable bonds is 4. The predicted octanol–water partition coefficient (Wildman–Crippen LogP) is 2.14. The lowest BCUT2D eigenvalue weighted by molar-refractivity contribution is -0.0443. The zero-order valence-corrected chi connectivity index (χ0v) is 11.3. The average molecular weight is 265 g/mol. The molecule has 2 rings (SSSR count). The van der Waals surface area contributed by atoms with Crippen LogP contribution in [0.1, 0.15) is 29.0 Å². The van der Waals surface area contributed by atoms with Gasteiger partial charge in [-0.2, -0.15) is 0 Å². The van der Waals surface area contributed by atoms with E-state index in [1.165, 1.54) is 17.7 Å². The van der Waals surface area contributed by atoms with Crippen LogP contribution < -0.4 is 5.73 Å². The summed E-state index contributed by atoms with van der Waals surface area (Å²) in [5.41, 5.74) is 5.34. The van der Waals surface area contributed by atoms with Crippen molar-refractivity contribution in [3.05, 3.63) is 21.9 Å². The van der Waals surface area contributed by atoms with Gasteiger partial charge in [0, 0.05) is 11.5 Å². The molecule has 2 N–H and O–H groups in total. The minimum Gasteiger partial charge on any atom is -0.376 e. The standard InChI is InChI=1S/C14H19NO2S/c15-8-3-5-13-6-7-14(18-13)11-16-10-12-4-1-2-9-17-12/h6-7,12H,1-2,4,8-11,15H2. The summed E-state index contributed by atoms with van der Waals surface area (Å²) in [6, 6.07) is 4.08. The average Bonchev–Trinajstić information content (AvgIpc) is 2.85.